The highest BCUT2D eigenvalue weighted by Crippen LogP contribution is 2.34. The van der Waals surface area contributed by atoms with Gasteiger partial charge in [-0.2, -0.15) is 11.8 Å². The van der Waals surface area contributed by atoms with Gasteiger partial charge in [0.15, 0.2) is 11.4 Å². The lowest BCUT2D eigenvalue weighted by Crippen LogP contribution is -2.43. The van der Waals surface area contributed by atoms with E-state index in [0.29, 0.717) is 11.5 Å². The number of anilines is 1. The highest BCUT2D eigenvalue weighted by Gasteiger charge is 2.29. The molecular formula is C12H18N2O2S2. The molecule has 0 spiro atoms. The molecule has 1 aliphatic heterocycles. The molecule has 4 nitrogen and oxygen atoms in total. The van der Waals surface area contributed by atoms with E-state index in [9.17, 15) is 4.79 Å². The first-order chi connectivity index (χ1) is 8.55. The second-order valence-electron chi connectivity index (χ2n) is 4.89. The van der Waals surface area contributed by atoms with Gasteiger partial charge in [0.25, 0.3) is 0 Å². The summed E-state index contributed by atoms with van der Waals surface area (Å²) < 4.78 is 5.32. The molecule has 2 rings (SSSR count). The molecule has 100 valence electrons. The lowest BCUT2D eigenvalue weighted by atomic mass is 10.2. The molecule has 1 aromatic heterocycles. The van der Waals surface area contributed by atoms with Crippen LogP contribution in [0.4, 0.5) is 5.13 Å². The van der Waals surface area contributed by atoms with Gasteiger partial charge in [0.2, 0.25) is 0 Å². The molecule has 0 aromatic carbocycles. The molecule has 1 aromatic rings. The van der Waals surface area contributed by atoms with Crippen LogP contribution in [0.5, 0.6) is 0 Å². The van der Waals surface area contributed by atoms with Crippen LogP contribution in [-0.4, -0.2) is 42.0 Å². The molecule has 1 saturated heterocycles. The lowest BCUT2D eigenvalue weighted by molar-refractivity contribution is 0.112. The van der Waals surface area contributed by atoms with E-state index < -0.39 is 0 Å². The van der Waals surface area contributed by atoms with E-state index >= 15 is 0 Å². The number of carbonyl (C=O) groups is 1. The van der Waals surface area contributed by atoms with Crippen LogP contribution in [-0.2, 0) is 11.3 Å². The molecule has 0 saturated carbocycles. The Labute approximate surface area is 116 Å². The molecule has 2 heterocycles. The zero-order valence-corrected chi connectivity index (χ0v) is 12.6. The second kappa shape index (κ2) is 5.59. The highest BCUT2D eigenvalue weighted by atomic mass is 32.2. The fourth-order valence-electron chi connectivity index (χ4n) is 2.00. The van der Waals surface area contributed by atoms with Crippen LogP contribution in [0.3, 0.4) is 0 Å². The van der Waals surface area contributed by atoms with E-state index in [1.807, 2.05) is 11.8 Å². The Morgan fingerprint density at radius 2 is 2.33 bits per heavy atom. The second-order valence-corrected chi connectivity index (χ2v) is 7.70. The molecule has 0 amide bonds. The van der Waals surface area contributed by atoms with Crippen molar-refractivity contribution >= 4 is 34.5 Å². The third-order valence-electron chi connectivity index (χ3n) is 2.80. The van der Waals surface area contributed by atoms with Crippen molar-refractivity contribution in [3.05, 3.63) is 10.6 Å². The Balaban J connectivity index is 2.20. The largest absolute Gasteiger partial charge is 0.378 e. The summed E-state index contributed by atoms with van der Waals surface area (Å²) >= 11 is 3.45. The topological polar surface area (TPSA) is 42.4 Å². The smallest absolute Gasteiger partial charge is 0.186 e. The van der Waals surface area contributed by atoms with Gasteiger partial charge >= 0.3 is 0 Å². The number of carbonyl (C=O) groups excluding carboxylic acids is 1. The van der Waals surface area contributed by atoms with Crippen LogP contribution < -0.4 is 4.90 Å². The Morgan fingerprint density at radius 3 is 2.94 bits per heavy atom. The van der Waals surface area contributed by atoms with Crippen LogP contribution in [0.1, 0.15) is 29.2 Å². The van der Waals surface area contributed by atoms with Gasteiger partial charge in [0, 0.05) is 30.7 Å². The molecule has 18 heavy (non-hydrogen) atoms. The summed E-state index contributed by atoms with van der Waals surface area (Å²) in [7, 11) is 1.62. The van der Waals surface area contributed by atoms with Crippen LogP contribution in [0.2, 0.25) is 0 Å². The van der Waals surface area contributed by atoms with Gasteiger partial charge in [-0.25, -0.2) is 4.98 Å². The molecule has 6 heteroatoms. The monoisotopic (exact) mass is 286 g/mol. The number of hydrogen-bond donors (Lipinski definition) is 0. The summed E-state index contributed by atoms with van der Waals surface area (Å²) in [5.41, 5.74) is 0.753. The van der Waals surface area contributed by atoms with Gasteiger partial charge in [0.05, 0.1) is 17.2 Å². The number of rotatable bonds is 4. The summed E-state index contributed by atoms with van der Waals surface area (Å²) in [6.07, 6.45) is 0.874. The number of thioether (sulfide) groups is 1. The molecule has 0 unspecified atom stereocenters. The van der Waals surface area contributed by atoms with Gasteiger partial charge in [-0.05, 0) is 13.8 Å². The standard InChI is InChI=1S/C12H18N2O2S2/c1-12(2)8-14(4-5-17-12)11-13-9(7-16-3)10(6-15)18-11/h6H,4-5,7-8H2,1-3H3. The first kappa shape index (κ1) is 13.8. The summed E-state index contributed by atoms with van der Waals surface area (Å²) in [4.78, 5) is 18.5. The van der Waals surface area contributed by atoms with E-state index in [2.05, 4.69) is 23.7 Å². The number of methoxy groups -OCH3 is 1. The lowest BCUT2D eigenvalue weighted by Gasteiger charge is -2.37. The third kappa shape index (κ3) is 3.05. The number of hydrogen-bond acceptors (Lipinski definition) is 6. The number of ether oxygens (including phenoxy) is 1. The van der Waals surface area contributed by atoms with Crippen molar-refractivity contribution in [2.45, 2.75) is 25.2 Å². The minimum absolute atomic E-state index is 0.243. The predicted molar refractivity (Wildman–Crippen MR) is 77.0 cm³/mol. The van der Waals surface area contributed by atoms with Crippen molar-refractivity contribution in [2.75, 3.05) is 30.9 Å². The third-order valence-corrected chi connectivity index (χ3v) is 5.18. The van der Waals surface area contributed by atoms with E-state index in [4.69, 9.17) is 4.74 Å². The predicted octanol–water partition coefficient (Wildman–Crippen LogP) is 2.43. The maximum atomic E-state index is 11.0. The first-order valence-corrected chi connectivity index (χ1v) is 7.68. The highest BCUT2D eigenvalue weighted by molar-refractivity contribution is 8.00. The number of nitrogens with zero attached hydrogens (tertiary/aromatic N) is 2. The van der Waals surface area contributed by atoms with Crippen LogP contribution in [0.15, 0.2) is 0 Å². The zero-order chi connectivity index (χ0) is 13.2. The Bertz CT molecular complexity index is 432. The quantitative estimate of drug-likeness (QED) is 0.795. The molecule has 0 aliphatic carbocycles. The van der Waals surface area contributed by atoms with Crippen molar-refractivity contribution in [1.82, 2.24) is 4.98 Å². The molecule has 1 fully saturated rings. The van der Waals surface area contributed by atoms with Crippen molar-refractivity contribution < 1.29 is 9.53 Å². The van der Waals surface area contributed by atoms with Crippen molar-refractivity contribution in [1.29, 1.82) is 0 Å². The SMILES string of the molecule is COCc1nc(N2CCSC(C)(C)C2)sc1C=O. The van der Waals surface area contributed by atoms with Crippen LogP contribution >= 0.6 is 23.1 Å². The summed E-state index contributed by atoms with van der Waals surface area (Å²) in [5.74, 6) is 1.10. The minimum Gasteiger partial charge on any atom is -0.378 e. The number of aldehydes is 1. The summed E-state index contributed by atoms with van der Waals surface area (Å²) in [6, 6.07) is 0. The molecule has 0 bridgehead atoms. The van der Waals surface area contributed by atoms with Gasteiger partial charge in [-0.15, -0.1) is 0 Å². The molecule has 1 aliphatic rings. The summed E-state index contributed by atoms with van der Waals surface area (Å²) in [5, 5.41) is 0.942. The van der Waals surface area contributed by atoms with Gasteiger partial charge < -0.3 is 9.64 Å². The van der Waals surface area contributed by atoms with E-state index in [1.54, 1.807) is 7.11 Å². The Kier molecular flexibility index (Phi) is 4.29. The molecular weight excluding hydrogens is 268 g/mol. The zero-order valence-electron chi connectivity index (χ0n) is 10.9. The van der Waals surface area contributed by atoms with Crippen molar-refractivity contribution in [2.24, 2.45) is 0 Å². The average Bonchev–Trinajstić information content (AvgIpc) is 2.71. The van der Waals surface area contributed by atoms with E-state index in [0.717, 1.165) is 36.0 Å². The van der Waals surface area contributed by atoms with Gasteiger partial charge in [0.1, 0.15) is 0 Å². The number of aromatic nitrogens is 1. The van der Waals surface area contributed by atoms with Crippen LogP contribution in [0.25, 0.3) is 0 Å². The normalized spacial score (nSPS) is 18.9. The maximum absolute atomic E-state index is 11.0. The van der Waals surface area contributed by atoms with Gasteiger partial charge in [-0.3, -0.25) is 4.79 Å². The molecule has 0 N–H and O–H groups in total. The van der Waals surface area contributed by atoms with Crippen molar-refractivity contribution in [3.8, 4) is 0 Å². The molecule has 0 atom stereocenters. The maximum Gasteiger partial charge on any atom is 0.186 e. The fourth-order valence-corrected chi connectivity index (χ4v) is 4.02. The van der Waals surface area contributed by atoms with Crippen LogP contribution in [0, 0.1) is 0 Å². The fraction of sp³-hybridized carbons (Fsp3) is 0.667. The Morgan fingerprint density at radius 1 is 1.56 bits per heavy atom. The summed E-state index contributed by atoms with van der Waals surface area (Å²) in [6.45, 7) is 6.85. The van der Waals surface area contributed by atoms with E-state index in [-0.39, 0.29) is 4.75 Å². The minimum atomic E-state index is 0.243. The first-order valence-electron chi connectivity index (χ1n) is 5.88. The Hall–Kier alpha value is -0.590. The number of thiazole rings is 1. The van der Waals surface area contributed by atoms with Gasteiger partial charge in [-0.1, -0.05) is 11.3 Å². The van der Waals surface area contributed by atoms with Crippen molar-refractivity contribution in [3.63, 3.8) is 0 Å². The average molecular weight is 286 g/mol. The van der Waals surface area contributed by atoms with E-state index in [1.165, 1.54) is 11.3 Å². The molecule has 0 radical (unpaired) electrons.